The van der Waals surface area contributed by atoms with Gasteiger partial charge in [0.1, 0.15) is 6.10 Å². The Hall–Kier alpha value is -2.62. The van der Waals surface area contributed by atoms with E-state index in [1.54, 1.807) is 0 Å². The Kier molecular flexibility index (Phi) is 9.60. The van der Waals surface area contributed by atoms with Gasteiger partial charge >= 0.3 is 7.60 Å². The Balaban J connectivity index is 1.49. The lowest BCUT2D eigenvalue weighted by Gasteiger charge is -2.30. The van der Waals surface area contributed by atoms with Gasteiger partial charge in [0, 0.05) is 19.8 Å². The number of H-pyrrole nitrogens is 1. The molecule has 2 aliphatic rings. The summed E-state index contributed by atoms with van der Waals surface area (Å²) >= 11 is 1.03. The van der Waals surface area contributed by atoms with Gasteiger partial charge in [-0.2, -0.15) is 4.98 Å². The summed E-state index contributed by atoms with van der Waals surface area (Å²) in [6.07, 6.45) is 1.62. The van der Waals surface area contributed by atoms with Crippen molar-refractivity contribution in [2.24, 2.45) is 11.1 Å². The Morgan fingerprint density at radius 2 is 2.05 bits per heavy atom. The molecular weight excluding hydrogens is 601 g/mol. The lowest BCUT2D eigenvalue weighted by molar-refractivity contribution is -0.119. The van der Waals surface area contributed by atoms with Crippen LogP contribution < -0.4 is 22.3 Å². The number of nitrogens with two attached hydrogens (primary N) is 2. The van der Waals surface area contributed by atoms with Crippen LogP contribution in [0.2, 0.25) is 0 Å². The molecule has 0 spiro atoms. The average molecular weight is 644 g/mol. The fourth-order valence-electron chi connectivity index (χ4n) is 4.80. The van der Waals surface area contributed by atoms with Crippen LogP contribution in [0.5, 0.6) is 0 Å². The van der Waals surface area contributed by atoms with E-state index in [0.29, 0.717) is 19.7 Å². The zero-order valence-electron chi connectivity index (χ0n) is 25.4. The van der Waals surface area contributed by atoms with E-state index < -0.39 is 25.0 Å². The number of nitrogens with zero attached hydrogens (tertiary/aromatic N) is 3. The van der Waals surface area contributed by atoms with E-state index in [-0.39, 0.29) is 63.1 Å². The number of imidazole rings is 1. The second kappa shape index (κ2) is 12.4. The number of nitrogen functional groups attached to an aromatic ring is 1. The third kappa shape index (κ3) is 7.55. The molecule has 2 aromatic heterocycles. The van der Waals surface area contributed by atoms with Crippen molar-refractivity contribution in [2.45, 2.75) is 76.5 Å². The largest absolute Gasteiger partial charge is 0.505 e. The number of hydrogen-bond acceptors (Lipinski definition) is 13. The monoisotopic (exact) mass is 643 g/mol. The number of amides is 1. The first kappa shape index (κ1) is 33.3. The number of ether oxygens (including phenoxy) is 2. The van der Waals surface area contributed by atoms with Gasteiger partial charge in [0.25, 0.3) is 5.56 Å². The maximum absolute atomic E-state index is 12.9. The summed E-state index contributed by atoms with van der Waals surface area (Å²) in [4.78, 5) is 36.7. The predicted octanol–water partition coefficient (Wildman–Crippen LogP) is 2.57. The van der Waals surface area contributed by atoms with Gasteiger partial charge in [-0.05, 0) is 52.0 Å². The molecule has 4 rings (SSSR count). The topological polar surface area (TPSA) is 219 Å². The van der Waals surface area contributed by atoms with E-state index in [4.69, 9.17) is 30.0 Å². The molecule has 4 heterocycles. The Morgan fingerprint density at radius 3 is 2.74 bits per heavy atom. The van der Waals surface area contributed by atoms with Crippen LogP contribution in [0, 0.1) is 5.41 Å². The van der Waals surface area contributed by atoms with Crippen LogP contribution in [-0.2, 0) is 33.6 Å². The number of thioether (sulfide) groups is 1. The zero-order valence-corrected chi connectivity index (χ0v) is 27.1. The number of aliphatic hydroxyl groups is 1. The van der Waals surface area contributed by atoms with Crippen molar-refractivity contribution in [3.63, 3.8) is 0 Å². The smallest absolute Gasteiger partial charge is 0.376 e. The summed E-state index contributed by atoms with van der Waals surface area (Å²) in [6, 6.07) is 0. The predicted molar refractivity (Wildman–Crippen MR) is 162 cm³/mol. The normalized spacial score (nSPS) is 24.3. The molecule has 2 aromatic rings. The fourth-order valence-corrected chi connectivity index (χ4v) is 6.73. The standard InChI is InChI=1S/C26H42N7O8PS/c1-24(2,9-11-38-25(3,4)8-7-10-27)14-29-16(34)13-43-23-30-17-20(31-22(28)32-21(17)36)33(23)26(5)19(35)18-15(40-26)12-39-42(6,37)41-18/h15,35H,7-14,27H2,1-6H3,(H,29,34)(H3,28,31,32,36). The summed E-state index contributed by atoms with van der Waals surface area (Å²) < 4.78 is 36.7. The molecule has 1 fully saturated rings. The second-order valence-electron chi connectivity index (χ2n) is 12.3. The number of carbonyl (C=O) groups excluding carboxylic acids is 1. The molecule has 0 aliphatic carbocycles. The fraction of sp³-hybridized carbons (Fsp3) is 0.692. The Labute approximate surface area is 254 Å². The quantitative estimate of drug-likeness (QED) is 0.157. The Morgan fingerprint density at radius 1 is 1.33 bits per heavy atom. The average Bonchev–Trinajstić information content (AvgIpc) is 3.40. The first-order valence-electron chi connectivity index (χ1n) is 14.0. The number of rotatable bonds is 13. The van der Waals surface area contributed by atoms with Crippen molar-refractivity contribution in [1.82, 2.24) is 24.8 Å². The van der Waals surface area contributed by atoms with Crippen LogP contribution in [0.25, 0.3) is 11.2 Å². The number of hydrogen-bond donors (Lipinski definition) is 5. The molecule has 17 heteroatoms. The van der Waals surface area contributed by atoms with Gasteiger partial charge in [-0.15, -0.1) is 0 Å². The molecular formula is C26H42N7O8PS. The third-order valence-electron chi connectivity index (χ3n) is 7.34. The molecule has 0 saturated carbocycles. The van der Waals surface area contributed by atoms with Gasteiger partial charge in [0.15, 0.2) is 27.8 Å². The number of aromatic amines is 1. The van der Waals surface area contributed by atoms with Crippen LogP contribution in [0.4, 0.5) is 5.95 Å². The first-order chi connectivity index (χ1) is 20.0. The molecule has 7 N–H and O–H groups in total. The van der Waals surface area contributed by atoms with Gasteiger partial charge in [0.2, 0.25) is 17.6 Å². The van der Waals surface area contributed by atoms with Gasteiger partial charge in [0.05, 0.1) is 18.0 Å². The summed E-state index contributed by atoms with van der Waals surface area (Å²) in [6.45, 7) is 12.4. The molecule has 2 aliphatic heterocycles. The number of carbonyl (C=O) groups is 1. The van der Waals surface area contributed by atoms with Gasteiger partial charge in [-0.1, -0.05) is 25.6 Å². The molecule has 1 amide bonds. The number of fused-ring (bicyclic) bond motifs is 2. The molecule has 15 nitrogen and oxygen atoms in total. The summed E-state index contributed by atoms with van der Waals surface area (Å²) in [7, 11) is -3.45. The van der Waals surface area contributed by atoms with E-state index >= 15 is 0 Å². The van der Waals surface area contributed by atoms with Crippen LogP contribution in [0.3, 0.4) is 0 Å². The molecule has 3 unspecified atom stereocenters. The minimum absolute atomic E-state index is 0.0218. The second-order valence-corrected chi connectivity index (χ2v) is 15.2. The van der Waals surface area contributed by atoms with Crippen LogP contribution in [0.1, 0.15) is 53.9 Å². The van der Waals surface area contributed by atoms with E-state index in [0.717, 1.165) is 31.0 Å². The van der Waals surface area contributed by atoms with Crippen LogP contribution in [-0.4, -0.2) is 81.0 Å². The maximum Gasteiger partial charge on any atom is 0.376 e. The molecule has 0 aromatic carbocycles. The lowest BCUT2D eigenvalue weighted by atomic mass is 9.89. The summed E-state index contributed by atoms with van der Waals surface area (Å²) in [5.41, 5.74) is 8.61. The number of nitrogens with one attached hydrogen (secondary N) is 2. The third-order valence-corrected chi connectivity index (χ3v) is 9.43. The highest BCUT2D eigenvalue weighted by Gasteiger charge is 2.53. The van der Waals surface area contributed by atoms with E-state index in [9.17, 15) is 19.3 Å². The molecule has 240 valence electrons. The number of anilines is 1. The first-order valence-corrected chi connectivity index (χ1v) is 17.0. The molecule has 0 radical (unpaired) electrons. The summed E-state index contributed by atoms with van der Waals surface area (Å²) in [5, 5.41) is 14.4. The van der Waals surface area contributed by atoms with E-state index in [2.05, 4.69) is 20.3 Å². The SMILES string of the molecule is CC(C)(CCOC(C)(C)CCCN)CNC(=O)CSc1nc2c(=O)[nH]c(N)nc2n1C1(C)OC2COP(C)(=O)OC2=C1O. The molecule has 1 saturated heterocycles. The minimum Gasteiger partial charge on any atom is -0.505 e. The van der Waals surface area contributed by atoms with Gasteiger partial charge < -0.3 is 35.9 Å². The van der Waals surface area contributed by atoms with Crippen molar-refractivity contribution in [2.75, 3.05) is 44.5 Å². The van der Waals surface area contributed by atoms with E-state index in [1.165, 1.54) is 18.2 Å². The highest BCUT2D eigenvalue weighted by atomic mass is 32.2. The number of aromatic nitrogens is 4. The Bertz CT molecular complexity index is 1510. The molecule has 0 bridgehead atoms. The molecule has 3 atom stereocenters. The molecule has 43 heavy (non-hydrogen) atoms. The van der Waals surface area contributed by atoms with Crippen molar-refractivity contribution in [3.8, 4) is 0 Å². The summed E-state index contributed by atoms with van der Waals surface area (Å²) in [5.74, 6) is -0.924. The van der Waals surface area contributed by atoms with Crippen molar-refractivity contribution < 1.29 is 33.0 Å². The maximum atomic E-state index is 12.9. The van der Waals surface area contributed by atoms with Gasteiger partial charge in [-0.3, -0.25) is 23.7 Å². The van der Waals surface area contributed by atoms with E-state index in [1.807, 2.05) is 27.7 Å². The minimum atomic E-state index is -3.45. The van der Waals surface area contributed by atoms with Crippen molar-refractivity contribution in [1.29, 1.82) is 0 Å². The van der Waals surface area contributed by atoms with Crippen molar-refractivity contribution in [3.05, 3.63) is 21.9 Å². The zero-order chi connectivity index (χ0) is 31.8. The van der Waals surface area contributed by atoms with Crippen LogP contribution in [0.15, 0.2) is 21.5 Å². The number of aliphatic hydroxyl groups excluding tert-OH is 1. The van der Waals surface area contributed by atoms with Crippen LogP contribution >= 0.6 is 19.4 Å². The highest BCUT2D eigenvalue weighted by molar-refractivity contribution is 7.99. The lowest BCUT2D eigenvalue weighted by Crippen LogP contribution is -2.37. The van der Waals surface area contributed by atoms with Crippen molar-refractivity contribution >= 4 is 42.4 Å². The van der Waals surface area contributed by atoms with Gasteiger partial charge in [-0.25, -0.2) is 9.55 Å². The highest BCUT2D eigenvalue weighted by Crippen LogP contribution is 2.55.